The van der Waals surface area contributed by atoms with Crippen molar-refractivity contribution in [1.29, 1.82) is 0 Å². The Bertz CT molecular complexity index is 879. The van der Waals surface area contributed by atoms with Gasteiger partial charge in [-0.1, -0.05) is 12.1 Å². The molecule has 0 aliphatic rings. The van der Waals surface area contributed by atoms with Crippen molar-refractivity contribution in [2.45, 2.75) is 23.5 Å². The van der Waals surface area contributed by atoms with E-state index in [0.29, 0.717) is 11.3 Å². The molecule has 1 aromatic carbocycles. The Morgan fingerprint density at radius 2 is 1.75 bits per heavy atom. The fourth-order valence-corrected chi connectivity index (χ4v) is 3.72. The van der Waals surface area contributed by atoms with Crippen LogP contribution < -0.4 is 5.32 Å². The van der Waals surface area contributed by atoms with Crippen LogP contribution >= 0.6 is 11.3 Å². The molecule has 0 unspecified atom stereocenters. The minimum absolute atomic E-state index is 0.131. The minimum Gasteiger partial charge on any atom is -0.481 e. The van der Waals surface area contributed by atoms with Gasteiger partial charge in [0.2, 0.25) is 0 Å². The van der Waals surface area contributed by atoms with Gasteiger partial charge in [-0.25, -0.2) is 8.42 Å². The molecule has 24 heavy (non-hydrogen) atoms. The molecule has 6 nitrogen and oxygen atoms in total. The van der Waals surface area contributed by atoms with Crippen LogP contribution in [0.15, 0.2) is 39.9 Å². The average molecular weight is 367 g/mol. The SMILES string of the molecule is CC(C)(C(=O)O)c1ccc(NC(=O)c2csc(S(C)(=O)=O)c2)cc1. The van der Waals surface area contributed by atoms with Crippen LogP contribution in [0.1, 0.15) is 29.8 Å². The highest BCUT2D eigenvalue weighted by atomic mass is 32.2. The van der Waals surface area contributed by atoms with E-state index >= 15 is 0 Å². The molecule has 0 saturated heterocycles. The normalized spacial score (nSPS) is 12.0. The number of benzene rings is 1. The van der Waals surface area contributed by atoms with Crippen molar-refractivity contribution in [3.05, 3.63) is 46.8 Å². The monoisotopic (exact) mass is 367 g/mol. The quantitative estimate of drug-likeness (QED) is 0.846. The molecule has 0 aliphatic heterocycles. The number of hydrogen-bond acceptors (Lipinski definition) is 5. The lowest BCUT2D eigenvalue weighted by Gasteiger charge is -2.19. The first kappa shape index (κ1) is 18.2. The summed E-state index contributed by atoms with van der Waals surface area (Å²) in [6.07, 6.45) is 1.09. The van der Waals surface area contributed by atoms with Crippen molar-refractivity contribution in [3.63, 3.8) is 0 Å². The maximum atomic E-state index is 12.2. The number of carbonyl (C=O) groups excluding carboxylic acids is 1. The summed E-state index contributed by atoms with van der Waals surface area (Å²) in [5.41, 5.74) is 0.343. The van der Waals surface area contributed by atoms with E-state index in [4.69, 9.17) is 0 Å². The predicted octanol–water partition coefficient (Wildman–Crippen LogP) is 2.77. The van der Waals surface area contributed by atoms with Gasteiger partial charge in [0.15, 0.2) is 9.84 Å². The lowest BCUT2D eigenvalue weighted by atomic mass is 9.85. The third-order valence-corrected chi connectivity index (χ3v) is 6.37. The van der Waals surface area contributed by atoms with Gasteiger partial charge in [0.25, 0.3) is 5.91 Å². The van der Waals surface area contributed by atoms with Crippen LogP contribution in [0.4, 0.5) is 5.69 Å². The van der Waals surface area contributed by atoms with Crippen molar-refractivity contribution in [3.8, 4) is 0 Å². The third-order valence-electron chi connectivity index (χ3n) is 3.60. The largest absolute Gasteiger partial charge is 0.481 e. The molecule has 0 fully saturated rings. The average Bonchev–Trinajstić information content (AvgIpc) is 2.97. The molecule has 1 heterocycles. The molecular weight excluding hydrogens is 350 g/mol. The van der Waals surface area contributed by atoms with E-state index < -0.39 is 27.1 Å². The zero-order valence-corrected chi connectivity index (χ0v) is 15.0. The van der Waals surface area contributed by atoms with Gasteiger partial charge in [-0.2, -0.15) is 0 Å². The number of hydrogen-bond donors (Lipinski definition) is 2. The number of aliphatic carboxylic acids is 1. The summed E-state index contributed by atoms with van der Waals surface area (Å²) in [7, 11) is -3.34. The number of thiophene rings is 1. The number of anilines is 1. The summed E-state index contributed by atoms with van der Waals surface area (Å²) in [5.74, 6) is -1.36. The second kappa shape index (κ2) is 6.37. The van der Waals surface area contributed by atoms with E-state index in [2.05, 4.69) is 5.32 Å². The first-order chi connectivity index (χ1) is 11.0. The summed E-state index contributed by atoms with van der Waals surface area (Å²) in [6.45, 7) is 3.20. The van der Waals surface area contributed by atoms with Gasteiger partial charge in [-0.05, 0) is 37.6 Å². The maximum absolute atomic E-state index is 12.2. The zero-order valence-electron chi connectivity index (χ0n) is 13.4. The van der Waals surface area contributed by atoms with Gasteiger partial charge in [0, 0.05) is 17.3 Å². The fraction of sp³-hybridized carbons (Fsp3) is 0.250. The number of nitrogens with one attached hydrogen (secondary N) is 1. The third kappa shape index (κ3) is 3.82. The van der Waals surface area contributed by atoms with Crippen LogP contribution in [0.2, 0.25) is 0 Å². The van der Waals surface area contributed by atoms with Crippen molar-refractivity contribution in [2.75, 3.05) is 11.6 Å². The highest BCUT2D eigenvalue weighted by Gasteiger charge is 2.29. The number of carboxylic acid groups (broad SMARTS) is 1. The Balaban J connectivity index is 2.15. The molecule has 0 atom stereocenters. The highest BCUT2D eigenvalue weighted by molar-refractivity contribution is 7.92. The van der Waals surface area contributed by atoms with Crippen LogP contribution in [0.5, 0.6) is 0 Å². The highest BCUT2D eigenvalue weighted by Crippen LogP contribution is 2.25. The molecule has 128 valence electrons. The lowest BCUT2D eigenvalue weighted by Crippen LogP contribution is -2.28. The van der Waals surface area contributed by atoms with Crippen LogP contribution in [-0.4, -0.2) is 31.7 Å². The number of carbonyl (C=O) groups is 2. The van der Waals surface area contributed by atoms with E-state index in [1.807, 2.05) is 0 Å². The topological polar surface area (TPSA) is 101 Å². The molecule has 0 spiro atoms. The number of rotatable bonds is 5. The molecule has 0 aliphatic carbocycles. The van der Waals surface area contributed by atoms with Gasteiger partial charge < -0.3 is 10.4 Å². The van der Waals surface area contributed by atoms with E-state index in [0.717, 1.165) is 17.6 Å². The Kier molecular flexibility index (Phi) is 4.82. The summed E-state index contributed by atoms with van der Waals surface area (Å²) in [5, 5.41) is 13.3. The van der Waals surface area contributed by atoms with Crippen molar-refractivity contribution in [1.82, 2.24) is 0 Å². The summed E-state index contributed by atoms with van der Waals surface area (Å²) in [4.78, 5) is 23.4. The Hall–Kier alpha value is -2.19. The number of carboxylic acids is 1. The second-order valence-corrected chi connectivity index (χ2v) is 9.04. The second-order valence-electron chi connectivity index (χ2n) is 5.89. The molecule has 0 saturated carbocycles. The summed E-state index contributed by atoms with van der Waals surface area (Å²) < 4.78 is 23.0. The van der Waals surface area contributed by atoms with Gasteiger partial charge in [0.05, 0.1) is 11.0 Å². The Morgan fingerprint density at radius 1 is 1.17 bits per heavy atom. The first-order valence-corrected chi connectivity index (χ1v) is 9.73. The van der Waals surface area contributed by atoms with Crippen molar-refractivity contribution < 1.29 is 23.1 Å². The molecule has 0 radical (unpaired) electrons. The molecule has 2 rings (SSSR count). The van der Waals surface area contributed by atoms with Gasteiger partial charge in [-0.3, -0.25) is 9.59 Å². The molecule has 1 aromatic heterocycles. The van der Waals surface area contributed by atoms with Crippen LogP contribution in [0.25, 0.3) is 0 Å². The van der Waals surface area contributed by atoms with E-state index in [1.54, 1.807) is 38.1 Å². The summed E-state index contributed by atoms with van der Waals surface area (Å²) in [6, 6.07) is 7.83. The Morgan fingerprint density at radius 3 is 2.21 bits per heavy atom. The van der Waals surface area contributed by atoms with Crippen molar-refractivity contribution in [2.24, 2.45) is 0 Å². The standard InChI is InChI=1S/C16H17NO5S2/c1-16(2,15(19)20)11-4-6-12(7-5-11)17-14(18)10-8-13(23-9-10)24(3,21)22/h4-9H,1-3H3,(H,17,18)(H,19,20). The van der Waals surface area contributed by atoms with Gasteiger partial charge >= 0.3 is 5.97 Å². The van der Waals surface area contributed by atoms with E-state index in [-0.39, 0.29) is 9.77 Å². The number of sulfone groups is 1. The molecule has 8 heteroatoms. The van der Waals surface area contributed by atoms with Crippen LogP contribution in [-0.2, 0) is 20.0 Å². The Labute approximate surface area is 144 Å². The van der Waals surface area contributed by atoms with Gasteiger partial charge in [0.1, 0.15) is 4.21 Å². The molecular formula is C16H17NO5S2. The maximum Gasteiger partial charge on any atom is 0.313 e. The van der Waals surface area contributed by atoms with Crippen LogP contribution in [0.3, 0.4) is 0 Å². The number of amides is 1. The molecule has 2 N–H and O–H groups in total. The minimum atomic E-state index is -3.34. The fourth-order valence-electron chi connectivity index (χ4n) is 1.93. The molecule has 0 bridgehead atoms. The van der Waals surface area contributed by atoms with Crippen LogP contribution in [0, 0.1) is 0 Å². The van der Waals surface area contributed by atoms with E-state index in [1.165, 1.54) is 11.4 Å². The molecule has 2 aromatic rings. The smallest absolute Gasteiger partial charge is 0.313 e. The summed E-state index contributed by atoms with van der Waals surface area (Å²) >= 11 is 0.990. The predicted molar refractivity (Wildman–Crippen MR) is 92.5 cm³/mol. The van der Waals surface area contributed by atoms with Gasteiger partial charge in [-0.15, -0.1) is 11.3 Å². The molecule has 1 amide bonds. The first-order valence-electron chi connectivity index (χ1n) is 6.95. The zero-order chi connectivity index (χ0) is 18.1. The lowest BCUT2D eigenvalue weighted by molar-refractivity contribution is -0.142. The van der Waals surface area contributed by atoms with E-state index in [9.17, 15) is 23.1 Å². The van der Waals surface area contributed by atoms with Crippen molar-refractivity contribution >= 4 is 38.7 Å².